The monoisotopic (exact) mass is 347 g/mol. The van der Waals surface area contributed by atoms with Gasteiger partial charge in [0.15, 0.2) is 0 Å². The molecule has 1 aliphatic rings. The molecule has 6 heteroatoms. The lowest BCUT2D eigenvalue weighted by atomic mass is 9.93. The van der Waals surface area contributed by atoms with Crippen molar-refractivity contribution in [2.24, 2.45) is 5.92 Å². The predicted molar refractivity (Wildman–Crippen MR) is 91.5 cm³/mol. The molecule has 1 fully saturated rings. The molecular formula is C18H19ClFN3O. The zero-order valence-electron chi connectivity index (χ0n) is 13.4. The number of nitrogens with one attached hydrogen (secondary N) is 1. The van der Waals surface area contributed by atoms with E-state index in [2.05, 4.69) is 15.2 Å². The van der Waals surface area contributed by atoms with Gasteiger partial charge in [0.2, 0.25) is 0 Å². The molecule has 2 heterocycles. The number of likely N-dealkylation sites (tertiary alicyclic amines) is 1. The summed E-state index contributed by atoms with van der Waals surface area (Å²) in [7, 11) is 2.01. The lowest BCUT2D eigenvalue weighted by Crippen LogP contribution is -2.32. The van der Waals surface area contributed by atoms with Gasteiger partial charge in [0.25, 0.3) is 5.91 Å². The van der Waals surface area contributed by atoms with E-state index in [0.717, 1.165) is 18.5 Å². The third kappa shape index (κ3) is 3.57. The average Bonchev–Trinajstić information content (AvgIpc) is 2.96. The van der Waals surface area contributed by atoms with Crippen LogP contribution in [-0.4, -0.2) is 35.9 Å². The summed E-state index contributed by atoms with van der Waals surface area (Å²) in [5.41, 5.74) is 1.28. The van der Waals surface area contributed by atoms with E-state index in [1.54, 1.807) is 30.5 Å². The Balaban J connectivity index is 1.70. The highest BCUT2D eigenvalue weighted by Gasteiger charge is 2.33. The van der Waals surface area contributed by atoms with E-state index in [9.17, 15) is 9.18 Å². The second kappa shape index (κ2) is 7.28. The Morgan fingerprint density at radius 1 is 1.42 bits per heavy atom. The molecular weight excluding hydrogens is 329 g/mol. The number of carbonyl (C=O) groups excluding carboxylic acids is 1. The summed E-state index contributed by atoms with van der Waals surface area (Å²) >= 11 is 5.78. The van der Waals surface area contributed by atoms with Crippen molar-refractivity contribution in [3.8, 4) is 0 Å². The molecule has 1 aromatic carbocycles. The van der Waals surface area contributed by atoms with Gasteiger partial charge in [-0.3, -0.25) is 14.7 Å². The van der Waals surface area contributed by atoms with Crippen molar-refractivity contribution in [1.82, 2.24) is 15.2 Å². The molecule has 0 saturated carbocycles. The number of rotatable bonds is 4. The van der Waals surface area contributed by atoms with Gasteiger partial charge in [0, 0.05) is 18.8 Å². The number of halogens is 2. The van der Waals surface area contributed by atoms with Crippen molar-refractivity contribution < 1.29 is 9.18 Å². The minimum absolute atomic E-state index is 0.0563. The summed E-state index contributed by atoms with van der Waals surface area (Å²) in [6, 6.07) is 10.2. The number of carbonyl (C=O) groups is 1. The fourth-order valence-corrected chi connectivity index (χ4v) is 3.39. The second-order valence-electron chi connectivity index (χ2n) is 6.07. The van der Waals surface area contributed by atoms with Gasteiger partial charge in [-0.2, -0.15) is 0 Å². The highest BCUT2D eigenvalue weighted by atomic mass is 35.5. The first kappa shape index (κ1) is 16.9. The smallest absolute Gasteiger partial charge is 0.269 e. The van der Waals surface area contributed by atoms with E-state index in [1.807, 2.05) is 13.1 Å². The zero-order valence-corrected chi connectivity index (χ0v) is 14.1. The van der Waals surface area contributed by atoms with Crippen LogP contribution in [0.5, 0.6) is 0 Å². The molecule has 1 aromatic heterocycles. The molecule has 0 spiro atoms. The number of aromatic nitrogens is 1. The molecule has 0 unspecified atom stereocenters. The van der Waals surface area contributed by atoms with Crippen molar-refractivity contribution >= 4 is 17.5 Å². The third-order valence-electron chi connectivity index (χ3n) is 4.48. The van der Waals surface area contributed by atoms with Crippen LogP contribution in [0.2, 0.25) is 5.02 Å². The van der Waals surface area contributed by atoms with Crippen molar-refractivity contribution in [2.75, 3.05) is 20.1 Å². The van der Waals surface area contributed by atoms with Crippen molar-refractivity contribution in [3.63, 3.8) is 0 Å². The van der Waals surface area contributed by atoms with E-state index in [-0.39, 0.29) is 22.9 Å². The molecule has 0 radical (unpaired) electrons. The molecule has 2 aromatic rings. The van der Waals surface area contributed by atoms with Crippen LogP contribution in [0.4, 0.5) is 4.39 Å². The van der Waals surface area contributed by atoms with Crippen molar-refractivity contribution in [2.45, 2.75) is 12.5 Å². The van der Waals surface area contributed by atoms with Gasteiger partial charge < -0.3 is 5.32 Å². The quantitative estimate of drug-likeness (QED) is 0.923. The molecule has 1 aliphatic heterocycles. The molecule has 0 aliphatic carbocycles. The lowest BCUT2D eigenvalue weighted by molar-refractivity contribution is 0.0938. The molecule has 2 atom stereocenters. The first-order valence-electron chi connectivity index (χ1n) is 7.90. The standard InChI is InChI=1S/C18H19ClFN3O/c1-23-9-7-13(11-22-18(24)16-4-2-3-8-21-16)17(23)12-5-6-14(19)15(20)10-12/h2-6,8,10,13,17H,7,9,11H2,1H3,(H,22,24)/t13-,17-/m1/s1. The Hall–Kier alpha value is -1.98. The number of nitrogens with zero attached hydrogens (tertiary/aromatic N) is 2. The van der Waals surface area contributed by atoms with Crippen LogP contribution in [0.25, 0.3) is 0 Å². The van der Waals surface area contributed by atoms with Crippen molar-refractivity contribution in [3.05, 3.63) is 64.7 Å². The lowest BCUT2D eigenvalue weighted by Gasteiger charge is -2.26. The van der Waals surface area contributed by atoms with Gasteiger partial charge in [-0.25, -0.2) is 4.39 Å². The Kier molecular flexibility index (Phi) is 5.11. The van der Waals surface area contributed by atoms with E-state index in [0.29, 0.717) is 12.2 Å². The molecule has 126 valence electrons. The SMILES string of the molecule is CN1CC[C@H](CNC(=O)c2ccccn2)[C@H]1c1ccc(Cl)c(F)c1. The van der Waals surface area contributed by atoms with E-state index in [4.69, 9.17) is 11.6 Å². The fraction of sp³-hybridized carbons (Fsp3) is 0.333. The maximum atomic E-state index is 13.8. The largest absolute Gasteiger partial charge is 0.350 e. The maximum absolute atomic E-state index is 13.8. The van der Waals surface area contributed by atoms with Crippen LogP contribution in [0.1, 0.15) is 28.5 Å². The summed E-state index contributed by atoms with van der Waals surface area (Å²) in [4.78, 5) is 18.4. The minimum atomic E-state index is -0.411. The number of hydrogen-bond acceptors (Lipinski definition) is 3. The Morgan fingerprint density at radius 3 is 2.96 bits per heavy atom. The molecule has 1 saturated heterocycles. The number of hydrogen-bond donors (Lipinski definition) is 1. The minimum Gasteiger partial charge on any atom is -0.350 e. The van der Waals surface area contributed by atoms with Crippen LogP contribution in [-0.2, 0) is 0 Å². The zero-order chi connectivity index (χ0) is 17.1. The molecule has 4 nitrogen and oxygen atoms in total. The normalized spacial score (nSPS) is 21.0. The Labute approximate surface area is 145 Å². The summed E-state index contributed by atoms with van der Waals surface area (Å²) in [6.07, 6.45) is 2.53. The fourth-order valence-electron chi connectivity index (χ4n) is 3.27. The van der Waals surface area contributed by atoms with E-state index >= 15 is 0 Å². The Morgan fingerprint density at radius 2 is 2.25 bits per heavy atom. The topological polar surface area (TPSA) is 45.2 Å². The van der Waals surface area contributed by atoms with E-state index < -0.39 is 5.82 Å². The van der Waals surface area contributed by atoms with Gasteiger partial charge in [0.05, 0.1) is 5.02 Å². The van der Waals surface area contributed by atoms with E-state index in [1.165, 1.54) is 6.07 Å². The van der Waals surface area contributed by atoms with Gasteiger partial charge in [-0.15, -0.1) is 0 Å². The second-order valence-corrected chi connectivity index (χ2v) is 6.48. The van der Waals surface area contributed by atoms with Crippen LogP contribution < -0.4 is 5.32 Å². The molecule has 3 rings (SSSR count). The number of amides is 1. The highest BCUT2D eigenvalue weighted by molar-refractivity contribution is 6.30. The van der Waals surface area contributed by atoms with Crippen molar-refractivity contribution in [1.29, 1.82) is 0 Å². The third-order valence-corrected chi connectivity index (χ3v) is 4.79. The summed E-state index contributed by atoms with van der Waals surface area (Å²) in [6.45, 7) is 1.42. The van der Waals surface area contributed by atoms with Crippen LogP contribution >= 0.6 is 11.6 Å². The summed E-state index contributed by atoms with van der Waals surface area (Å²) in [5, 5.41) is 3.06. The van der Waals surface area contributed by atoms with Gasteiger partial charge in [-0.05, 0) is 55.8 Å². The van der Waals surface area contributed by atoms with Gasteiger partial charge in [0.1, 0.15) is 11.5 Å². The van der Waals surface area contributed by atoms with Crippen LogP contribution in [0, 0.1) is 11.7 Å². The first-order chi connectivity index (χ1) is 11.6. The molecule has 24 heavy (non-hydrogen) atoms. The number of benzene rings is 1. The molecule has 1 amide bonds. The predicted octanol–water partition coefficient (Wildman–Crippen LogP) is 3.30. The average molecular weight is 348 g/mol. The maximum Gasteiger partial charge on any atom is 0.269 e. The van der Waals surface area contributed by atoms with Gasteiger partial charge >= 0.3 is 0 Å². The first-order valence-corrected chi connectivity index (χ1v) is 8.28. The summed E-state index contributed by atoms with van der Waals surface area (Å²) < 4.78 is 13.8. The van der Waals surface area contributed by atoms with Crippen LogP contribution in [0.3, 0.4) is 0 Å². The summed E-state index contributed by atoms with van der Waals surface area (Å²) in [5.74, 6) is -0.389. The van der Waals surface area contributed by atoms with Gasteiger partial charge in [-0.1, -0.05) is 23.7 Å². The Bertz CT molecular complexity index is 725. The molecule has 1 N–H and O–H groups in total. The number of pyridine rings is 1. The van der Waals surface area contributed by atoms with Crippen LogP contribution in [0.15, 0.2) is 42.6 Å². The highest BCUT2D eigenvalue weighted by Crippen LogP contribution is 2.36. The molecule has 0 bridgehead atoms.